The largest absolute Gasteiger partial charge is 0.299 e. The minimum absolute atomic E-state index is 0.0920. The zero-order valence-electron chi connectivity index (χ0n) is 19.4. The van der Waals surface area contributed by atoms with Crippen LogP contribution < -0.4 is 0 Å². The second-order valence-corrected chi connectivity index (χ2v) is 12.0. The highest BCUT2D eigenvalue weighted by molar-refractivity contribution is 5.96. The third-order valence-electron chi connectivity index (χ3n) is 9.98. The number of ketones is 2. The van der Waals surface area contributed by atoms with Gasteiger partial charge in [-0.25, -0.2) is 0 Å². The van der Waals surface area contributed by atoms with Gasteiger partial charge in [-0.05, 0) is 78.6 Å². The van der Waals surface area contributed by atoms with Crippen molar-refractivity contribution in [3.8, 4) is 0 Å². The average Bonchev–Trinajstić information content (AvgIpc) is 3.00. The first-order valence-corrected chi connectivity index (χ1v) is 12.4. The zero-order chi connectivity index (χ0) is 21.0. The maximum atomic E-state index is 13.4. The van der Waals surface area contributed by atoms with Crippen molar-refractivity contribution in [1.82, 2.24) is 0 Å². The molecule has 0 spiro atoms. The Labute approximate surface area is 178 Å². The predicted molar refractivity (Wildman–Crippen MR) is 118 cm³/mol. The topological polar surface area (TPSA) is 34.1 Å². The Morgan fingerprint density at radius 1 is 1.00 bits per heavy atom. The van der Waals surface area contributed by atoms with Crippen LogP contribution in [0.15, 0.2) is 11.6 Å². The monoisotopic (exact) mass is 398 g/mol. The van der Waals surface area contributed by atoms with Crippen molar-refractivity contribution in [3.05, 3.63) is 11.6 Å². The highest BCUT2D eigenvalue weighted by Gasteiger charge is 2.61. The van der Waals surface area contributed by atoms with E-state index < -0.39 is 0 Å². The van der Waals surface area contributed by atoms with E-state index >= 15 is 0 Å². The van der Waals surface area contributed by atoms with Crippen molar-refractivity contribution < 1.29 is 9.59 Å². The summed E-state index contributed by atoms with van der Waals surface area (Å²) in [5.41, 5.74) is 1.59. The lowest BCUT2D eigenvalue weighted by molar-refractivity contribution is -0.135. The van der Waals surface area contributed by atoms with Crippen LogP contribution in [0, 0.1) is 46.3 Å². The molecular formula is C27H42O2. The number of carbonyl (C=O) groups excluding carboxylic acids is 2. The first kappa shape index (κ1) is 21.3. The Hall–Kier alpha value is -0.920. The fourth-order valence-corrected chi connectivity index (χ4v) is 8.25. The summed E-state index contributed by atoms with van der Waals surface area (Å²) in [5.74, 6) is 4.28. The summed E-state index contributed by atoms with van der Waals surface area (Å²) in [6.07, 6.45) is 13.2. The normalized spacial score (nSPS) is 42.9. The molecule has 4 aliphatic rings. The Morgan fingerprint density at radius 3 is 2.48 bits per heavy atom. The Bertz CT molecular complexity index is 703. The molecule has 0 bridgehead atoms. The summed E-state index contributed by atoms with van der Waals surface area (Å²) in [4.78, 5) is 25.4. The molecule has 0 saturated heterocycles. The van der Waals surface area contributed by atoms with Crippen LogP contribution in [-0.4, -0.2) is 11.6 Å². The minimum Gasteiger partial charge on any atom is -0.299 e. The van der Waals surface area contributed by atoms with Gasteiger partial charge < -0.3 is 0 Å². The summed E-state index contributed by atoms with van der Waals surface area (Å²) in [5, 5.41) is 0. The molecule has 2 heteroatoms. The number of Topliss-reactive ketones (excluding diaryl/α,β-unsaturated/α-hetero) is 1. The molecule has 0 N–H and O–H groups in total. The second kappa shape index (κ2) is 7.65. The maximum Gasteiger partial charge on any atom is 0.159 e. The van der Waals surface area contributed by atoms with Crippen LogP contribution in [-0.2, 0) is 9.59 Å². The molecule has 3 saturated carbocycles. The minimum atomic E-state index is 0.0920. The highest BCUT2D eigenvalue weighted by atomic mass is 16.1. The van der Waals surface area contributed by atoms with E-state index in [9.17, 15) is 9.59 Å². The fourth-order valence-electron chi connectivity index (χ4n) is 8.25. The molecule has 4 rings (SSSR count). The van der Waals surface area contributed by atoms with Crippen molar-refractivity contribution in [1.29, 1.82) is 0 Å². The Morgan fingerprint density at radius 2 is 1.76 bits per heavy atom. The summed E-state index contributed by atoms with van der Waals surface area (Å²) in [6.45, 7) is 12.0. The predicted octanol–water partition coefficient (Wildman–Crippen LogP) is 6.78. The van der Waals surface area contributed by atoms with Gasteiger partial charge in [0.05, 0.1) is 0 Å². The molecule has 2 nitrogen and oxygen atoms in total. The molecule has 1 unspecified atom stereocenters. The summed E-state index contributed by atoms with van der Waals surface area (Å²) < 4.78 is 0. The van der Waals surface area contributed by atoms with Crippen LogP contribution in [0.4, 0.5) is 0 Å². The third-order valence-corrected chi connectivity index (χ3v) is 9.98. The van der Waals surface area contributed by atoms with Gasteiger partial charge in [-0.3, -0.25) is 9.59 Å². The van der Waals surface area contributed by atoms with E-state index in [1.54, 1.807) is 0 Å². The summed E-state index contributed by atoms with van der Waals surface area (Å²) >= 11 is 0. The molecule has 0 heterocycles. The molecule has 0 aromatic rings. The highest BCUT2D eigenvalue weighted by Crippen LogP contribution is 2.66. The van der Waals surface area contributed by atoms with Crippen molar-refractivity contribution >= 4 is 11.6 Å². The molecule has 162 valence electrons. The van der Waals surface area contributed by atoms with Gasteiger partial charge in [0.15, 0.2) is 5.78 Å². The van der Waals surface area contributed by atoms with E-state index in [4.69, 9.17) is 0 Å². The lowest BCUT2D eigenvalue weighted by atomic mass is 9.46. The van der Waals surface area contributed by atoms with E-state index in [1.807, 2.05) is 6.08 Å². The molecule has 0 aromatic carbocycles. The van der Waals surface area contributed by atoms with Gasteiger partial charge >= 0.3 is 0 Å². The van der Waals surface area contributed by atoms with Crippen LogP contribution in [0.2, 0.25) is 0 Å². The molecule has 0 radical (unpaired) electrons. The first-order valence-electron chi connectivity index (χ1n) is 12.4. The smallest absolute Gasteiger partial charge is 0.159 e. The van der Waals surface area contributed by atoms with Gasteiger partial charge in [-0.1, -0.05) is 59.5 Å². The number of hydrogen-bond acceptors (Lipinski definition) is 2. The first-order chi connectivity index (χ1) is 13.7. The van der Waals surface area contributed by atoms with Gasteiger partial charge in [-0.2, -0.15) is 0 Å². The summed E-state index contributed by atoms with van der Waals surface area (Å²) in [6, 6.07) is 0. The van der Waals surface area contributed by atoms with Crippen LogP contribution in [0.25, 0.3) is 0 Å². The van der Waals surface area contributed by atoms with E-state index in [-0.39, 0.29) is 11.3 Å². The number of rotatable bonds is 5. The molecule has 7 atom stereocenters. The van der Waals surface area contributed by atoms with E-state index in [2.05, 4.69) is 34.6 Å². The fraction of sp³-hybridized carbons (Fsp3) is 0.852. The molecule has 29 heavy (non-hydrogen) atoms. The maximum absolute atomic E-state index is 13.4. The van der Waals surface area contributed by atoms with Gasteiger partial charge in [0.2, 0.25) is 0 Å². The van der Waals surface area contributed by atoms with Crippen LogP contribution in [0.3, 0.4) is 0 Å². The Balaban J connectivity index is 1.55. The second-order valence-electron chi connectivity index (χ2n) is 12.0. The van der Waals surface area contributed by atoms with Gasteiger partial charge in [0.25, 0.3) is 0 Å². The standard InChI is InChI=1S/C27H42O2/c1-17(2)7-6-8-18(3)21-9-10-22-25-23(12-14-27(21,22)5)26(4)13-11-20(28)15-19(26)16-24(25)29/h16-18,21-23,25H,6-15H2,1-5H3/t18?,21-,22+,23+,25+,26+,27-/m1/s1. The number of carbonyl (C=O) groups is 2. The van der Waals surface area contributed by atoms with Gasteiger partial charge in [-0.15, -0.1) is 0 Å². The average molecular weight is 399 g/mol. The molecule has 4 aliphatic carbocycles. The SMILES string of the molecule is CC(C)CCCC(C)[C@H]1CC[C@H]2[C@@H]3C(=O)C=C4CC(=O)CC[C@]4(C)[C@H]3CC[C@]12C. The van der Waals surface area contributed by atoms with Crippen molar-refractivity contribution in [3.63, 3.8) is 0 Å². The number of hydrogen-bond donors (Lipinski definition) is 0. The quantitative estimate of drug-likeness (QED) is 0.512. The number of allylic oxidation sites excluding steroid dienone is 2. The summed E-state index contributed by atoms with van der Waals surface area (Å²) in [7, 11) is 0. The lowest BCUT2D eigenvalue weighted by Crippen LogP contribution is -2.53. The van der Waals surface area contributed by atoms with Crippen molar-refractivity contribution in [2.24, 2.45) is 46.3 Å². The van der Waals surface area contributed by atoms with E-state index in [1.165, 1.54) is 50.5 Å². The van der Waals surface area contributed by atoms with E-state index in [0.29, 0.717) is 41.7 Å². The lowest BCUT2D eigenvalue weighted by Gasteiger charge is -2.57. The molecule has 0 aliphatic heterocycles. The van der Waals surface area contributed by atoms with Crippen LogP contribution >= 0.6 is 0 Å². The van der Waals surface area contributed by atoms with E-state index in [0.717, 1.165) is 24.2 Å². The number of fused-ring (bicyclic) bond motifs is 5. The molecule has 3 fully saturated rings. The zero-order valence-corrected chi connectivity index (χ0v) is 19.4. The third kappa shape index (κ3) is 3.47. The Kier molecular flexibility index (Phi) is 5.62. The van der Waals surface area contributed by atoms with Crippen LogP contribution in [0.5, 0.6) is 0 Å². The molecule has 0 aromatic heterocycles. The van der Waals surface area contributed by atoms with Crippen LogP contribution in [0.1, 0.15) is 98.8 Å². The molecule has 0 amide bonds. The van der Waals surface area contributed by atoms with Crippen molar-refractivity contribution in [2.75, 3.05) is 0 Å². The molecular weight excluding hydrogens is 356 g/mol. The van der Waals surface area contributed by atoms with Gasteiger partial charge in [0.1, 0.15) is 5.78 Å². The van der Waals surface area contributed by atoms with Gasteiger partial charge in [0, 0.05) is 18.8 Å². The van der Waals surface area contributed by atoms with Crippen molar-refractivity contribution in [2.45, 2.75) is 98.8 Å².